The first-order chi connectivity index (χ1) is 20.2. The third-order valence-corrected chi connectivity index (χ3v) is 8.24. The van der Waals surface area contributed by atoms with E-state index in [0.717, 1.165) is 48.7 Å². The number of halogens is 5. The van der Waals surface area contributed by atoms with Crippen molar-refractivity contribution < 1.29 is 52.7 Å². The van der Waals surface area contributed by atoms with E-state index in [1.54, 1.807) is 12.1 Å². The molecule has 43 heavy (non-hydrogen) atoms. The highest BCUT2D eigenvalue weighted by atomic mass is 35.5. The second kappa shape index (κ2) is 13.3. The van der Waals surface area contributed by atoms with E-state index in [1.165, 1.54) is 0 Å². The summed E-state index contributed by atoms with van der Waals surface area (Å²) in [6, 6.07) is 9.01. The number of anilines is 1. The van der Waals surface area contributed by atoms with E-state index >= 15 is 0 Å². The largest absolute Gasteiger partial charge is 0.490 e. The first kappa shape index (κ1) is 32.9. The number of carboxylic acids is 2. The van der Waals surface area contributed by atoms with Gasteiger partial charge in [0, 0.05) is 62.2 Å². The van der Waals surface area contributed by atoms with E-state index < -0.39 is 24.2 Å². The lowest BCUT2D eigenvalue weighted by Crippen LogP contribution is -2.53. The van der Waals surface area contributed by atoms with E-state index in [1.807, 2.05) is 23.1 Å². The average Bonchev–Trinajstić information content (AvgIpc) is 3.47. The summed E-state index contributed by atoms with van der Waals surface area (Å²) in [5.41, 5.74) is 2.16. The number of nitrogens with zero attached hydrogens (tertiary/aromatic N) is 2. The van der Waals surface area contributed by atoms with Crippen LogP contribution in [0.5, 0.6) is 11.5 Å². The monoisotopic (exact) mass is 650 g/mol. The first-order valence-electron chi connectivity index (χ1n) is 13.4. The number of aliphatic hydroxyl groups is 2. The topological polar surface area (TPSA) is 140 Å². The molecule has 2 atom stereocenters. The van der Waals surface area contributed by atoms with Gasteiger partial charge in [0.1, 0.15) is 23.7 Å². The van der Waals surface area contributed by atoms with E-state index in [2.05, 4.69) is 4.90 Å². The van der Waals surface area contributed by atoms with Gasteiger partial charge in [0.05, 0.1) is 30.2 Å². The van der Waals surface area contributed by atoms with Crippen LogP contribution in [0.1, 0.15) is 24.0 Å². The third-order valence-electron chi connectivity index (χ3n) is 7.71. The van der Waals surface area contributed by atoms with Gasteiger partial charge in [-0.3, -0.25) is 9.69 Å². The number of alkyl halides is 3. The zero-order valence-corrected chi connectivity index (χ0v) is 24.3. The molecule has 236 valence electrons. The SMILES string of the molecule is O=C(O)C(F)(F)F.O=C(O)Cc1cc(Cl)c(OCCO)cc1N1CC(N2CCC3(CC2)Cc2cc(Cl)ccc2O3)[C@H](O)C1. The number of carboxylic acid groups (broad SMARTS) is 2. The van der Waals surface area contributed by atoms with Crippen LogP contribution < -0.4 is 14.4 Å². The van der Waals surface area contributed by atoms with Gasteiger partial charge in [-0.1, -0.05) is 23.2 Å². The molecule has 2 aromatic rings. The van der Waals surface area contributed by atoms with Crippen molar-refractivity contribution in [2.45, 2.75) is 49.6 Å². The summed E-state index contributed by atoms with van der Waals surface area (Å²) in [6.07, 6.45) is -3.31. The zero-order valence-electron chi connectivity index (χ0n) is 22.8. The van der Waals surface area contributed by atoms with E-state index in [0.29, 0.717) is 35.1 Å². The minimum atomic E-state index is -5.08. The predicted octanol–water partition coefficient (Wildman–Crippen LogP) is 3.64. The molecule has 0 aromatic heterocycles. The molecule has 4 N–H and O–H groups in total. The quantitative estimate of drug-likeness (QED) is 0.351. The van der Waals surface area contributed by atoms with Crippen LogP contribution in [-0.2, 0) is 22.4 Å². The molecule has 10 nitrogen and oxygen atoms in total. The van der Waals surface area contributed by atoms with Crippen molar-refractivity contribution in [3.8, 4) is 11.5 Å². The smallest absolute Gasteiger partial charge is 0.490 e. The van der Waals surface area contributed by atoms with Crippen molar-refractivity contribution in [3.63, 3.8) is 0 Å². The van der Waals surface area contributed by atoms with Crippen LogP contribution in [0.2, 0.25) is 10.0 Å². The van der Waals surface area contributed by atoms with Gasteiger partial charge in [0.2, 0.25) is 0 Å². The maximum atomic E-state index is 11.5. The highest BCUT2D eigenvalue weighted by Gasteiger charge is 2.45. The molecule has 3 heterocycles. The maximum Gasteiger partial charge on any atom is 0.490 e. The van der Waals surface area contributed by atoms with Crippen LogP contribution in [0, 0.1) is 0 Å². The Bertz CT molecular complexity index is 1340. The van der Waals surface area contributed by atoms with Gasteiger partial charge in [-0.25, -0.2) is 4.79 Å². The summed E-state index contributed by atoms with van der Waals surface area (Å²) < 4.78 is 43.7. The van der Waals surface area contributed by atoms with Gasteiger partial charge in [-0.05, 0) is 35.4 Å². The molecule has 0 saturated carbocycles. The van der Waals surface area contributed by atoms with Gasteiger partial charge in [-0.15, -0.1) is 0 Å². The number of fused-ring (bicyclic) bond motifs is 1. The molecule has 3 aliphatic heterocycles. The summed E-state index contributed by atoms with van der Waals surface area (Å²) in [6.45, 7) is 2.44. The summed E-state index contributed by atoms with van der Waals surface area (Å²) in [4.78, 5) is 24.7. The molecule has 1 spiro atoms. The molecule has 0 radical (unpaired) electrons. The van der Waals surface area contributed by atoms with E-state index in [-0.39, 0.29) is 31.3 Å². The Labute approximate surface area is 255 Å². The van der Waals surface area contributed by atoms with Gasteiger partial charge >= 0.3 is 18.1 Å². The van der Waals surface area contributed by atoms with Gasteiger partial charge in [0.15, 0.2) is 0 Å². The van der Waals surface area contributed by atoms with Crippen molar-refractivity contribution in [3.05, 3.63) is 51.5 Å². The Morgan fingerprint density at radius 1 is 1.09 bits per heavy atom. The number of rotatable bonds is 7. The number of carbonyl (C=O) groups is 2. The summed E-state index contributed by atoms with van der Waals surface area (Å²) in [7, 11) is 0. The molecule has 2 saturated heterocycles. The first-order valence-corrected chi connectivity index (χ1v) is 14.2. The van der Waals surface area contributed by atoms with Gasteiger partial charge in [-0.2, -0.15) is 13.2 Å². The molecular weight excluding hydrogens is 620 g/mol. The summed E-state index contributed by atoms with van der Waals surface area (Å²) in [5.74, 6) is -2.43. The lowest BCUT2D eigenvalue weighted by molar-refractivity contribution is -0.192. The lowest BCUT2D eigenvalue weighted by Gasteiger charge is -2.41. The molecule has 2 fully saturated rings. The van der Waals surface area contributed by atoms with Crippen LogP contribution in [0.25, 0.3) is 0 Å². The fourth-order valence-corrected chi connectivity index (χ4v) is 6.15. The van der Waals surface area contributed by atoms with Crippen molar-refractivity contribution in [1.29, 1.82) is 0 Å². The molecule has 2 aromatic carbocycles. The molecule has 0 bridgehead atoms. The number of aliphatic hydroxyl groups excluding tert-OH is 2. The molecule has 0 aliphatic carbocycles. The maximum absolute atomic E-state index is 11.5. The minimum Gasteiger partial charge on any atom is -0.490 e. The Kier molecular flexibility index (Phi) is 10.2. The summed E-state index contributed by atoms with van der Waals surface area (Å²) in [5, 5.41) is 37.7. The molecule has 5 rings (SSSR count). The predicted molar refractivity (Wildman–Crippen MR) is 150 cm³/mol. The number of ether oxygens (including phenoxy) is 2. The third kappa shape index (κ3) is 7.95. The standard InChI is InChI=1S/C26H30Cl2N2O6.C2HF3O2/c27-18-1-2-23-17(9-18)13-26(36-23)3-5-29(6-4-26)21-14-30(15-22(21)32)20-12-24(35-8-7-31)19(28)10-16(20)11-25(33)34;3-2(4,5)1(6)7/h1-2,9-10,12,21-22,31-32H,3-8,11,13-15H2,(H,33,34);(H,6,7)/t21?,22-;/m1./s1. The van der Waals surface area contributed by atoms with Crippen LogP contribution >= 0.6 is 23.2 Å². The number of hydrogen-bond acceptors (Lipinski definition) is 8. The number of piperidine rings is 1. The number of hydrogen-bond donors (Lipinski definition) is 4. The Morgan fingerprint density at radius 3 is 2.37 bits per heavy atom. The van der Waals surface area contributed by atoms with Crippen molar-refractivity contribution in [1.82, 2.24) is 4.90 Å². The summed E-state index contributed by atoms with van der Waals surface area (Å²) >= 11 is 12.5. The van der Waals surface area contributed by atoms with Crippen LogP contribution in [0.3, 0.4) is 0 Å². The number of benzene rings is 2. The Hall–Kier alpha value is -2.97. The Balaban J connectivity index is 0.000000541. The zero-order chi connectivity index (χ0) is 31.5. The number of aliphatic carboxylic acids is 2. The highest BCUT2D eigenvalue weighted by molar-refractivity contribution is 6.32. The Morgan fingerprint density at radius 2 is 1.77 bits per heavy atom. The normalized spacial score (nSPS) is 21.1. The molecular formula is C28H31Cl2F3N2O8. The molecule has 3 aliphatic rings. The fourth-order valence-electron chi connectivity index (χ4n) is 5.72. The van der Waals surface area contributed by atoms with Crippen LogP contribution in [0.4, 0.5) is 18.9 Å². The van der Waals surface area contributed by atoms with Crippen molar-refractivity contribution in [2.24, 2.45) is 0 Å². The van der Waals surface area contributed by atoms with Crippen molar-refractivity contribution >= 4 is 40.8 Å². The van der Waals surface area contributed by atoms with E-state index in [4.69, 9.17) is 47.7 Å². The highest BCUT2D eigenvalue weighted by Crippen LogP contribution is 2.43. The number of β-amino-alcohol motifs (C(OH)–C–C–N with tert-alkyl or cyclic N) is 1. The van der Waals surface area contributed by atoms with Gasteiger partial charge in [0.25, 0.3) is 0 Å². The van der Waals surface area contributed by atoms with Crippen molar-refractivity contribution in [2.75, 3.05) is 44.3 Å². The molecule has 15 heteroatoms. The fraction of sp³-hybridized carbons (Fsp3) is 0.500. The van der Waals surface area contributed by atoms with Crippen LogP contribution in [0.15, 0.2) is 30.3 Å². The number of likely N-dealkylation sites (tertiary alicyclic amines) is 1. The molecule has 1 unspecified atom stereocenters. The lowest BCUT2D eigenvalue weighted by atomic mass is 9.86. The minimum absolute atomic E-state index is 0.0797. The second-order valence-electron chi connectivity index (χ2n) is 10.6. The molecule has 0 amide bonds. The van der Waals surface area contributed by atoms with Crippen LogP contribution in [-0.4, -0.2) is 101 Å². The van der Waals surface area contributed by atoms with Gasteiger partial charge < -0.3 is 34.8 Å². The second-order valence-corrected chi connectivity index (χ2v) is 11.5. The average molecular weight is 651 g/mol. The van der Waals surface area contributed by atoms with E-state index in [9.17, 15) is 28.2 Å².